The number of aliphatic hydroxyl groups excluding tert-OH is 2. The van der Waals surface area contributed by atoms with E-state index in [0.29, 0.717) is 48.3 Å². The maximum atomic E-state index is 11.7. The summed E-state index contributed by atoms with van der Waals surface area (Å²) in [5.74, 6) is 2.89. The summed E-state index contributed by atoms with van der Waals surface area (Å²) in [6.07, 6.45) is 8.29. The molecule has 0 spiro atoms. The molecule has 4 rings (SSSR count). The molecule has 4 aliphatic carbocycles. The molecule has 5 heteroatoms. The fourth-order valence-electron chi connectivity index (χ4n) is 9.77. The normalized spacial score (nSPS) is 47.3. The van der Waals surface area contributed by atoms with E-state index in [2.05, 4.69) is 27.7 Å². The number of ether oxygens (including phenoxy) is 1. The molecule has 0 bridgehead atoms. The van der Waals surface area contributed by atoms with Crippen molar-refractivity contribution >= 4 is 5.97 Å². The number of hydrogen-bond acceptors (Lipinski definition) is 5. The molecule has 4 saturated carbocycles. The second-order valence-electron chi connectivity index (χ2n) is 14.2. The first-order valence-corrected chi connectivity index (χ1v) is 14.4. The van der Waals surface area contributed by atoms with Crippen molar-refractivity contribution in [3.63, 3.8) is 0 Å². The second-order valence-corrected chi connectivity index (χ2v) is 14.2. The molecule has 0 aromatic heterocycles. The van der Waals surface area contributed by atoms with Crippen molar-refractivity contribution < 1.29 is 24.9 Å². The van der Waals surface area contributed by atoms with E-state index in [4.69, 9.17) is 4.74 Å². The maximum Gasteiger partial charge on any atom is 0.303 e. The van der Waals surface area contributed by atoms with Crippen LogP contribution in [0, 0.1) is 46.3 Å². The molecule has 0 aromatic rings. The predicted molar refractivity (Wildman–Crippen MR) is 137 cm³/mol. The van der Waals surface area contributed by atoms with Crippen LogP contribution >= 0.6 is 0 Å². The predicted octanol–water partition coefficient (Wildman–Crippen LogP) is 5.49. The molecule has 0 aliphatic heterocycles. The highest BCUT2D eigenvalue weighted by molar-refractivity contribution is 5.66. The minimum Gasteiger partial charge on any atom is -0.460 e. The van der Waals surface area contributed by atoms with Crippen molar-refractivity contribution in [2.24, 2.45) is 46.3 Å². The van der Waals surface area contributed by atoms with Crippen molar-refractivity contribution in [1.82, 2.24) is 0 Å². The largest absolute Gasteiger partial charge is 0.460 e. The Morgan fingerprint density at radius 3 is 2.37 bits per heavy atom. The monoisotopic (exact) mass is 492 g/mol. The van der Waals surface area contributed by atoms with Crippen molar-refractivity contribution in [2.75, 3.05) is 0 Å². The van der Waals surface area contributed by atoms with Gasteiger partial charge in [-0.1, -0.05) is 34.1 Å². The molecular formula is C30H52O5. The van der Waals surface area contributed by atoms with Crippen LogP contribution < -0.4 is 0 Å². The summed E-state index contributed by atoms with van der Waals surface area (Å²) < 4.78 is 5.60. The molecule has 4 fully saturated rings. The minimum absolute atomic E-state index is 0.208. The topological polar surface area (TPSA) is 87.0 Å². The molecular weight excluding hydrogens is 440 g/mol. The second kappa shape index (κ2) is 9.27. The first-order chi connectivity index (χ1) is 16.2. The number of hydrogen-bond donors (Lipinski definition) is 3. The van der Waals surface area contributed by atoms with Gasteiger partial charge in [0, 0.05) is 18.8 Å². The molecule has 0 unspecified atom stereocenters. The average Bonchev–Trinajstić information content (AvgIpc) is 3.10. The van der Waals surface area contributed by atoms with Gasteiger partial charge in [-0.15, -0.1) is 0 Å². The number of carbonyl (C=O) groups excluding carboxylic acids is 1. The maximum absolute atomic E-state index is 11.7. The summed E-state index contributed by atoms with van der Waals surface area (Å²) in [5, 5.41) is 33.2. The van der Waals surface area contributed by atoms with E-state index in [0.717, 1.165) is 32.1 Å². The van der Waals surface area contributed by atoms with Crippen molar-refractivity contribution in [1.29, 1.82) is 0 Å². The van der Waals surface area contributed by atoms with E-state index in [1.807, 2.05) is 13.8 Å². The van der Waals surface area contributed by atoms with Gasteiger partial charge in [0.1, 0.15) is 5.60 Å². The lowest BCUT2D eigenvalue weighted by atomic mass is 9.42. The molecule has 0 amide bonds. The van der Waals surface area contributed by atoms with Gasteiger partial charge in [0.25, 0.3) is 0 Å². The number of fused-ring (bicyclic) bond motifs is 5. The molecule has 4 aliphatic rings. The third-order valence-electron chi connectivity index (χ3n) is 12.2. The van der Waals surface area contributed by atoms with Crippen LogP contribution in [-0.2, 0) is 9.53 Å². The zero-order chi connectivity index (χ0) is 26.0. The molecule has 0 radical (unpaired) electrons. The SMILES string of the molecule is CC(=O)OC(C)(C)[C@@H](C)CC[C@@H](C)[C@@H]1CC[C@@H]2[C@@H]3C[C@@H](O)[C@@]4(O)C[C@@H](O)CC[C@]4(C)[C@@H]3CC[C@@]21C. The van der Waals surface area contributed by atoms with Gasteiger partial charge >= 0.3 is 5.97 Å². The van der Waals surface area contributed by atoms with Crippen LogP contribution in [0.15, 0.2) is 0 Å². The van der Waals surface area contributed by atoms with E-state index in [-0.39, 0.29) is 16.8 Å². The van der Waals surface area contributed by atoms with Crippen LogP contribution in [0.25, 0.3) is 0 Å². The van der Waals surface area contributed by atoms with Gasteiger partial charge in [-0.3, -0.25) is 4.79 Å². The van der Waals surface area contributed by atoms with Gasteiger partial charge < -0.3 is 20.1 Å². The van der Waals surface area contributed by atoms with E-state index in [9.17, 15) is 20.1 Å². The zero-order valence-corrected chi connectivity index (χ0v) is 23.3. The van der Waals surface area contributed by atoms with E-state index < -0.39 is 23.4 Å². The van der Waals surface area contributed by atoms with Crippen LogP contribution in [0.4, 0.5) is 0 Å². The summed E-state index contributed by atoms with van der Waals surface area (Å²) in [7, 11) is 0. The molecule has 11 atom stereocenters. The van der Waals surface area contributed by atoms with Gasteiger partial charge in [-0.05, 0) is 106 Å². The summed E-state index contributed by atoms with van der Waals surface area (Å²) in [6.45, 7) is 14.9. The lowest BCUT2D eigenvalue weighted by molar-refractivity contribution is -0.264. The summed E-state index contributed by atoms with van der Waals surface area (Å²) in [6, 6.07) is 0. The minimum atomic E-state index is -1.16. The van der Waals surface area contributed by atoms with Crippen LogP contribution in [0.3, 0.4) is 0 Å². The van der Waals surface area contributed by atoms with E-state index in [1.165, 1.54) is 26.2 Å². The standard InChI is InChI=1S/C30H52O5/c1-18(8-9-19(2)27(4,5)35-20(3)31)23-10-11-24-22-16-26(33)30(34)17-21(32)12-15-29(30,7)25(22)13-14-28(23,24)6/h18-19,21-26,32-34H,8-17H2,1-7H3/t18-,19+,21+,22+,23+,24-,25-,26-,28-,29-,30+/m1/s1. The molecule has 202 valence electrons. The smallest absolute Gasteiger partial charge is 0.303 e. The molecule has 5 nitrogen and oxygen atoms in total. The first kappa shape index (κ1) is 27.4. The summed E-state index contributed by atoms with van der Waals surface area (Å²) in [5.41, 5.74) is -1.62. The molecule has 3 N–H and O–H groups in total. The molecule has 0 aromatic carbocycles. The lowest BCUT2D eigenvalue weighted by Crippen LogP contribution is -2.68. The first-order valence-electron chi connectivity index (χ1n) is 14.4. The Hall–Kier alpha value is -0.650. The van der Waals surface area contributed by atoms with Gasteiger partial charge in [0.05, 0.1) is 17.8 Å². The Labute approximate surface area is 213 Å². The highest BCUT2D eigenvalue weighted by Gasteiger charge is 2.67. The highest BCUT2D eigenvalue weighted by atomic mass is 16.6. The quantitative estimate of drug-likeness (QED) is 0.427. The number of carbonyl (C=O) groups is 1. The van der Waals surface area contributed by atoms with Crippen LogP contribution in [0.1, 0.15) is 113 Å². The Bertz CT molecular complexity index is 796. The fourth-order valence-corrected chi connectivity index (χ4v) is 9.77. The van der Waals surface area contributed by atoms with Gasteiger partial charge in [-0.2, -0.15) is 0 Å². The van der Waals surface area contributed by atoms with Crippen molar-refractivity contribution in [2.45, 2.75) is 136 Å². The molecule has 0 saturated heterocycles. The van der Waals surface area contributed by atoms with Gasteiger partial charge in [-0.25, -0.2) is 0 Å². The lowest BCUT2D eigenvalue weighted by Gasteiger charge is -2.65. The average molecular weight is 493 g/mol. The van der Waals surface area contributed by atoms with Gasteiger partial charge in [0.15, 0.2) is 0 Å². The Balaban J connectivity index is 1.46. The van der Waals surface area contributed by atoms with E-state index in [1.54, 1.807) is 0 Å². The Morgan fingerprint density at radius 2 is 1.71 bits per heavy atom. The fraction of sp³-hybridized carbons (Fsp3) is 0.967. The summed E-state index contributed by atoms with van der Waals surface area (Å²) in [4.78, 5) is 11.5. The third-order valence-corrected chi connectivity index (χ3v) is 12.2. The van der Waals surface area contributed by atoms with Gasteiger partial charge in [0.2, 0.25) is 0 Å². The number of aliphatic hydroxyl groups is 3. The number of esters is 1. The third kappa shape index (κ3) is 4.40. The molecule has 35 heavy (non-hydrogen) atoms. The molecule has 0 heterocycles. The van der Waals surface area contributed by atoms with Crippen LogP contribution in [0.5, 0.6) is 0 Å². The zero-order valence-electron chi connectivity index (χ0n) is 23.3. The van der Waals surface area contributed by atoms with Crippen molar-refractivity contribution in [3.8, 4) is 0 Å². The summed E-state index contributed by atoms with van der Waals surface area (Å²) >= 11 is 0. The van der Waals surface area contributed by atoms with Crippen molar-refractivity contribution in [3.05, 3.63) is 0 Å². The van der Waals surface area contributed by atoms with Crippen LogP contribution in [-0.4, -0.2) is 44.7 Å². The highest BCUT2D eigenvalue weighted by Crippen LogP contribution is 2.69. The number of rotatable bonds is 6. The van der Waals surface area contributed by atoms with E-state index >= 15 is 0 Å². The Morgan fingerprint density at radius 1 is 1.03 bits per heavy atom. The Kier molecular flexibility index (Phi) is 7.26. The van der Waals surface area contributed by atoms with Crippen LogP contribution in [0.2, 0.25) is 0 Å².